The Kier molecular flexibility index (Phi) is 3.93. The Hall–Kier alpha value is -2.26. The van der Waals surface area contributed by atoms with Gasteiger partial charge in [0.05, 0.1) is 11.3 Å². The zero-order chi connectivity index (χ0) is 14.7. The van der Waals surface area contributed by atoms with E-state index in [0.717, 1.165) is 16.3 Å². The number of allylic oxidation sites excluding steroid dienone is 4. The van der Waals surface area contributed by atoms with E-state index in [9.17, 15) is 4.79 Å². The van der Waals surface area contributed by atoms with Gasteiger partial charge in [-0.2, -0.15) is 0 Å². The van der Waals surface area contributed by atoms with Crippen LogP contribution >= 0.6 is 12.2 Å². The van der Waals surface area contributed by atoms with Crippen LogP contribution in [0.4, 0.5) is 0 Å². The summed E-state index contributed by atoms with van der Waals surface area (Å²) in [4.78, 5) is 12.8. The number of carbonyl (C=O) groups excluding carboxylic acids is 1. The molecule has 0 atom stereocenters. The van der Waals surface area contributed by atoms with Crippen LogP contribution in [0.5, 0.6) is 0 Å². The monoisotopic (exact) mass is 294 g/mol. The van der Waals surface area contributed by atoms with Gasteiger partial charge in [-0.15, -0.1) is 0 Å². The van der Waals surface area contributed by atoms with Gasteiger partial charge in [0.2, 0.25) is 0 Å². The van der Waals surface area contributed by atoms with Crippen molar-refractivity contribution in [3.05, 3.63) is 72.0 Å². The normalized spacial score (nSPS) is 14.1. The molecule has 0 aromatic heterocycles. The molecule has 0 aliphatic heterocycles. The summed E-state index contributed by atoms with van der Waals surface area (Å²) in [6, 6.07) is 14.0. The number of carbonyl (C=O) groups is 1. The van der Waals surface area contributed by atoms with Crippen molar-refractivity contribution < 1.29 is 9.53 Å². The number of hydrogen-bond donors (Lipinski definition) is 0. The number of thiocarbonyl (C=S) groups is 1. The van der Waals surface area contributed by atoms with Crippen molar-refractivity contribution in [1.82, 2.24) is 0 Å². The summed E-state index contributed by atoms with van der Waals surface area (Å²) in [6.07, 6.45) is 6.45. The molecule has 2 aromatic rings. The second kappa shape index (κ2) is 6.02. The lowest BCUT2D eigenvalue weighted by Gasteiger charge is -2.11. The second-order valence-electron chi connectivity index (χ2n) is 4.88. The van der Waals surface area contributed by atoms with Crippen LogP contribution in [0.1, 0.15) is 12.0 Å². The molecule has 21 heavy (non-hydrogen) atoms. The molecule has 0 saturated carbocycles. The van der Waals surface area contributed by atoms with E-state index in [1.165, 1.54) is 0 Å². The predicted octanol–water partition coefficient (Wildman–Crippen LogP) is 4.14. The van der Waals surface area contributed by atoms with E-state index in [1.54, 1.807) is 6.08 Å². The van der Waals surface area contributed by atoms with Gasteiger partial charge >= 0.3 is 5.97 Å². The van der Waals surface area contributed by atoms with Gasteiger partial charge in [-0.3, -0.25) is 4.79 Å². The van der Waals surface area contributed by atoms with Crippen LogP contribution in [-0.2, 0) is 16.0 Å². The SMILES string of the molecule is O=C(Cc1cccc2ccccc12)OC1=CC=CCC1=S. The zero-order valence-corrected chi connectivity index (χ0v) is 12.2. The molecule has 0 amide bonds. The van der Waals surface area contributed by atoms with Crippen LogP contribution in [-0.4, -0.2) is 10.8 Å². The summed E-state index contributed by atoms with van der Waals surface area (Å²) in [5, 5.41) is 2.20. The molecule has 0 radical (unpaired) electrons. The third-order valence-corrected chi connectivity index (χ3v) is 3.77. The summed E-state index contributed by atoms with van der Waals surface area (Å²) in [6.45, 7) is 0. The standard InChI is InChI=1S/C18H14O2S/c19-18(20-16-10-3-4-11-17(16)21)12-14-8-5-7-13-6-1-2-9-15(13)14/h1-10H,11-12H2. The Morgan fingerprint density at radius 2 is 1.95 bits per heavy atom. The number of hydrogen-bond acceptors (Lipinski definition) is 3. The molecule has 0 N–H and O–H groups in total. The number of fused-ring (bicyclic) bond motifs is 1. The molecule has 3 heteroatoms. The van der Waals surface area contributed by atoms with Crippen LogP contribution < -0.4 is 0 Å². The number of benzene rings is 2. The van der Waals surface area contributed by atoms with Crippen molar-refractivity contribution in [2.24, 2.45) is 0 Å². The molecule has 0 saturated heterocycles. The lowest BCUT2D eigenvalue weighted by atomic mass is 10.0. The molecular formula is C18H14O2S. The molecule has 0 spiro atoms. The molecule has 0 unspecified atom stereocenters. The molecule has 104 valence electrons. The van der Waals surface area contributed by atoms with E-state index in [4.69, 9.17) is 17.0 Å². The lowest BCUT2D eigenvalue weighted by molar-refractivity contribution is -0.137. The van der Waals surface area contributed by atoms with E-state index >= 15 is 0 Å². The highest BCUT2D eigenvalue weighted by atomic mass is 32.1. The van der Waals surface area contributed by atoms with E-state index in [-0.39, 0.29) is 12.4 Å². The number of esters is 1. The molecule has 0 heterocycles. The van der Waals surface area contributed by atoms with Gasteiger partial charge in [-0.05, 0) is 22.4 Å². The first-order valence-electron chi connectivity index (χ1n) is 6.81. The molecule has 1 aliphatic carbocycles. The second-order valence-corrected chi connectivity index (χ2v) is 5.37. The van der Waals surface area contributed by atoms with Gasteiger partial charge in [0.25, 0.3) is 0 Å². The van der Waals surface area contributed by atoms with Crippen molar-refractivity contribution >= 4 is 33.8 Å². The topological polar surface area (TPSA) is 26.3 Å². The van der Waals surface area contributed by atoms with Crippen LogP contribution in [0.25, 0.3) is 10.8 Å². The molecule has 0 bridgehead atoms. The minimum absolute atomic E-state index is 0.241. The molecule has 3 rings (SSSR count). The molecular weight excluding hydrogens is 280 g/mol. The largest absolute Gasteiger partial charge is 0.425 e. The minimum atomic E-state index is -0.282. The fourth-order valence-electron chi connectivity index (χ4n) is 2.38. The summed E-state index contributed by atoms with van der Waals surface area (Å²) >= 11 is 5.19. The fraction of sp³-hybridized carbons (Fsp3) is 0.111. The van der Waals surface area contributed by atoms with Crippen molar-refractivity contribution in [1.29, 1.82) is 0 Å². The Balaban J connectivity index is 1.79. The quantitative estimate of drug-likeness (QED) is 0.628. The van der Waals surface area contributed by atoms with E-state index in [1.807, 2.05) is 54.6 Å². The van der Waals surface area contributed by atoms with Gasteiger partial charge in [0, 0.05) is 6.42 Å². The van der Waals surface area contributed by atoms with Crippen molar-refractivity contribution in [3.8, 4) is 0 Å². The van der Waals surface area contributed by atoms with Crippen LogP contribution in [0.2, 0.25) is 0 Å². The van der Waals surface area contributed by atoms with Crippen molar-refractivity contribution in [2.75, 3.05) is 0 Å². The first-order valence-corrected chi connectivity index (χ1v) is 7.22. The first kappa shape index (κ1) is 13.7. The summed E-state index contributed by atoms with van der Waals surface area (Å²) in [7, 11) is 0. The maximum atomic E-state index is 12.1. The van der Waals surface area contributed by atoms with Gasteiger partial charge in [0.1, 0.15) is 5.76 Å². The lowest BCUT2D eigenvalue weighted by Crippen LogP contribution is -2.13. The highest BCUT2D eigenvalue weighted by molar-refractivity contribution is 7.80. The Morgan fingerprint density at radius 1 is 1.14 bits per heavy atom. The Labute approximate surface area is 128 Å². The van der Waals surface area contributed by atoms with E-state index in [0.29, 0.717) is 17.0 Å². The maximum Gasteiger partial charge on any atom is 0.315 e. The zero-order valence-electron chi connectivity index (χ0n) is 11.4. The van der Waals surface area contributed by atoms with Crippen LogP contribution in [0.3, 0.4) is 0 Å². The minimum Gasteiger partial charge on any atom is -0.425 e. The average molecular weight is 294 g/mol. The molecule has 0 fully saturated rings. The third kappa shape index (κ3) is 3.09. The van der Waals surface area contributed by atoms with Crippen LogP contribution in [0, 0.1) is 0 Å². The smallest absolute Gasteiger partial charge is 0.315 e. The van der Waals surface area contributed by atoms with Gasteiger partial charge in [-0.25, -0.2) is 0 Å². The number of rotatable bonds is 3. The van der Waals surface area contributed by atoms with Crippen molar-refractivity contribution in [2.45, 2.75) is 12.8 Å². The summed E-state index contributed by atoms with van der Waals surface area (Å²) < 4.78 is 5.39. The summed E-state index contributed by atoms with van der Waals surface area (Å²) in [5.74, 6) is 0.216. The highest BCUT2D eigenvalue weighted by Gasteiger charge is 2.14. The number of ether oxygens (including phenoxy) is 1. The Morgan fingerprint density at radius 3 is 2.81 bits per heavy atom. The van der Waals surface area contributed by atoms with E-state index in [2.05, 4.69) is 0 Å². The van der Waals surface area contributed by atoms with Crippen LogP contribution in [0.15, 0.2) is 66.5 Å². The van der Waals surface area contributed by atoms with Crippen molar-refractivity contribution in [3.63, 3.8) is 0 Å². The molecule has 2 nitrogen and oxygen atoms in total. The fourth-order valence-corrected chi connectivity index (χ4v) is 2.58. The summed E-state index contributed by atoms with van der Waals surface area (Å²) in [5.41, 5.74) is 0.968. The van der Waals surface area contributed by atoms with Gasteiger partial charge < -0.3 is 4.74 Å². The van der Waals surface area contributed by atoms with Gasteiger partial charge in [0.15, 0.2) is 0 Å². The first-order chi connectivity index (χ1) is 10.2. The predicted molar refractivity (Wildman–Crippen MR) is 88.2 cm³/mol. The highest BCUT2D eigenvalue weighted by Crippen LogP contribution is 2.20. The van der Waals surface area contributed by atoms with E-state index < -0.39 is 0 Å². The molecule has 1 aliphatic rings. The Bertz CT molecular complexity index is 766. The maximum absolute atomic E-state index is 12.1. The third-order valence-electron chi connectivity index (χ3n) is 3.40. The van der Waals surface area contributed by atoms with Gasteiger partial charge in [-0.1, -0.05) is 66.8 Å². The molecule has 2 aromatic carbocycles. The average Bonchev–Trinajstić information content (AvgIpc) is 2.50.